The molecule has 1 atom stereocenters. The number of benzene rings is 1. The van der Waals surface area contributed by atoms with E-state index in [-0.39, 0.29) is 30.7 Å². The number of likely N-dealkylation sites (N-methyl/N-ethyl adjacent to an activating group) is 1. The van der Waals surface area contributed by atoms with Crippen molar-refractivity contribution in [2.45, 2.75) is 12.0 Å². The van der Waals surface area contributed by atoms with Gasteiger partial charge in [0.25, 0.3) is 11.8 Å². The van der Waals surface area contributed by atoms with E-state index in [1.165, 1.54) is 18.6 Å². The monoisotopic (exact) mass is 417 g/mol. The van der Waals surface area contributed by atoms with Gasteiger partial charge in [-0.3, -0.25) is 19.6 Å². The summed E-state index contributed by atoms with van der Waals surface area (Å²) in [5.74, 6) is -0.537. The summed E-state index contributed by atoms with van der Waals surface area (Å²) in [6.45, 7) is 0.755. The summed E-state index contributed by atoms with van der Waals surface area (Å²) in [5, 5.41) is 2.70. The molecule has 1 aliphatic rings. The van der Waals surface area contributed by atoms with E-state index in [2.05, 4.69) is 20.3 Å². The minimum absolute atomic E-state index is 0.124. The van der Waals surface area contributed by atoms with E-state index in [4.69, 9.17) is 4.74 Å². The molecule has 0 saturated carbocycles. The lowest BCUT2D eigenvalue weighted by Crippen LogP contribution is -2.61. The van der Waals surface area contributed by atoms with E-state index in [0.29, 0.717) is 13.0 Å². The number of nitrogens with zero attached hydrogens (tertiary/aromatic N) is 4. The van der Waals surface area contributed by atoms with Gasteiger partial charge in [0.1, 0.15) is 5.69 Å². The highest BCUT2D eigenvalue weighted by Gasteiger charge is 2.45. The fourth-order valence-electron chi connectivity index (χ4n) is 3.81. The Morgan fingerprint density at radius 3 is 2.68 bits per heavy atom. The van der Waals surface area contributed by atoms with Crippen molar-refractivity contribution in [3.05, 3.63) is 78.6 Å². The molecule has 8 heteroatoms. The average molecular weight is 417 g/mol. The van der Waals surface area contributed by atoms with Crippen LogP contribution in [-0.4, -0.2) is 64.0 Å². The molecule has 158 valence electrons. The van der Waals surface area contributed by atoms with Gasteiger partial charge >= 0.3 is 0 Å². The van der Waals surface area contributed by atoms with Crippen LogP contribution >= 0.6 is 0 Å². The van der Waals surface area contributed by atoms with Gasteiger partial charge in [-0.25, -0.2) is 4.98 Å². The van der Waals surface area contributed by atoms with Gasteiger partial charge in [-0.15, -0.1) is 0 Å². The van der Waals surface area contributed by atoms with E-state index >= 15 is 0 Å². The Bertz CT molecular complexity index is 1060. The third-order valence-electron chi connectivity index (χ3n) is 5.31. The van der Waals surface area contributed by atoms with Crippen LogP contribution in [-0.2, 0) is 16.0 Å². The first-order chi connectivity index (χ1) is 15.1. The molecule has 31 heavy (non-hydrogen) atoms. The molecule has 0 spiro atoms. The number of carbonyl (C=O) groups excluding carboxylic acids is 2. The second-order valence-corrected chi connectivity index (χ2v) is 7.36. The minimum atomic E-state index is -1.20. The van der Waals surface area contributed by atoms with Crippen molar-refractivity contribution in [1.29, 1.82) is 0 Å². The number of hydrogen-bond acceptors (Lipinski definition) is 6. The summed E-state index contributed by atoms with van der Waals surface area (Å²) < 4.78 is 6.03. The number of nitrogens with one attached hydrogen (secondary N) is 1. The number of morpholine rings is 1. The molecule has 2 aromatic heterocycles. The molecule has 1 aliphatic heterocycles. The van der Waals surface area contributed by atoms with Gasteiger partial charge in [0, 0.05) is 44.8 Å². The number of carbonyl (C=O) groups is 2. The van der Waals surface area contributed by atoms with Crippen LogP contribution in [0.2, 0.25) is 0 Å². The molecule has 1 N–H and O–H groups in total. The molecule has 1 aromatic carbocycles. The largest absolute Gasteiger partial charge is 0.361 e. The molecule has 3 heterocycles. The standard InChI is InChI=1S/C23H23N5O3/c1-24-22(30)23(13-17-4-2-5-18(12-17)19-6-3-7-25-14-19)16-28(10-11-31-23)21(29)20-15-26-8-9-27-20/h2-9,12,14-15H,10-11,13,16H2,1H3,(H,24,30)/t23-/m0/s1. The van der Waals surface area contributed by atoms with Crippen LogP contribution in [0.5, 0.6) is 0 Å². The van der Waals surface area contributed by atoms with Gasteiger partial charge in [0.05, 0.1) is 19.3 Å². The number of rotatable bonds is 5. The maximum atomic E-state index is 12.9. The second kappa shape index (κ2) is 9.01. The molecular formula is C23H23N5O3. The number of amides is 2. The summed E-state index contributed by atoms with van der Waals surface area (Å²) in [6, 6.07) is 11.8. The Kier molecular flexibility index (Phi) is 5.99. The predicted molar refractivity (Wildman–Crippen MR) is 114 cm³/mol. The highest BCUT2D eigenvalue weighted by Crippen LogP contribution is 2.27. The van der Waals surface area contributed by atoms with Gasteiger partial charge in [0.2, 0.25) is 0 Å². The highest BCUT2D eigenvalue weighted by atomic mass is 16.5. The summed E-state index contributed by atoms with van der Waals surface area (Å²) in [4.78, 5) is 39.7. The quantitative estimate of drug-likeness (QED) is 0.679. The van der Waals surface area contributed by atoms with Crippen molar-refractivity contribution < 1.29 is 14.3 Å². The molecule has 0 aliphatic carbocycles. The number of aromatic nitrogens is 3. The van der Waals surface area contributed by atoms with Crippen LogP contribution in [0.4, 0.5) is 0 Å². The Hall–Kier alpha value is -3.65. The minimum Gasteiger partial charge on any atom is -0.361 e. The van der Waals surface area contributed by atoms with Crippen LogP contribution in [0.1, 0.15) is 16.1 Å². The van der Waals surface area contributed by atoms with Crippen LogP contribution in [0.15, 0.2) is 67.4 Å². The van der Waals surface area contributed by atoms with Crippen molar-refractivity contribution in [3.8, 4) is 11.1 Å². The Morgan fingerprint density at radius 1 is 1.10 bits per heavy atom. The van der Waals surface area contributed by atoms with E-state index in [0.717, 1.165) is 16.7 Å². The SMILES string of the molecule is CNC(=O)[C@]1(Cc2cccc(-c3cccnc3)c2)CN(C(=O)c2cnccn2)CCO1. The molecule has 0 unspecified atom stereocenters. The molecule has 1 saturated heterocycles. The van der Waals surface area contributed by atoms with Gasteiger partial charge in [-0.2, -0.15) is 0 Å². The Morgan fingerprint density at radius 2 is 1.94 bits per heavy atom. The molecule has 0 radical (unpaired) electrons. The topological polar surface area (TPSA) is 97.3 Å². The summed E-state index contributed by atoms with van der Waals surface area (Å²) in [6.07, 6.45) is 8.27. The summed E-state index contributed by atoms with van der Waals surface area (Å²) in [7, 11) is 1.57. The predicted octanol–water partition coefficient (Wildman–Crippen LogP) is 1.74. The number of hydrogen-bond donors (Lipinski definition) is 1. The summed E-state index contributed by atoms with van der Waals surface area (Å²) in [5.41, 5.74) is 1.97. The van der Waals surface area contributed by atoms with Crippen LogP contribution in [0, 0.1) is 0 Å². The fraction of sp³-hybridized carbons (Fsp3) is 0.261. The molecule has 2 amide bonds. The van der Waals surface area contributed by atoms with Crippen molar-refractivity contribution >= 4 is 11.8 Å². The first-order valence-electron chi connectivity index (χ1n) is 10.0. The van der Waals surface area contributed by atoms with E-state index in [1.807, 2.05) is 36.4 Å². The van der Waals surface area contributed by atoms with Crippen molar-refractivity contribution in [2.75, 3.05) is 26.7 Å². The second-order valence-electron chi connectivity index (χ2n) is 7.36. The first kappa shape index (κ1) is 20.6. The fourth-order valence-corrected chi connectivity index (χ4v) is 3.81. The third kappa shape index (κ3) is 4.44. The lowest BCUT2D eigenvalue weighted by Gasteiger charge is -2.41. The van der Waals surface area contributed by atoms with Crippen molar-refractivity contribution in [2.24, 2.45) is 0 Å². The molecular weight excluding hydrogens is 394 g/mol. The van der Waals surface area contributed by atoms with Crippen LogP contribution in [0.3, 0.4) is 0 Å². The lowest BCUT2D eigenvalue weighted by atomic mass is 9.90. The Labute approximate surface area is 180 Å². The third-order valence-corrected chi connectivity index (χ3v) is 5.31. The first-order valence-corrected chi connectivity index (χ1v) is 10.0. The van der Waals surface area contributed by atoms with E-state index in [9.17, 15) is 9.59 Å². The maximum absolute atomic E-state index is 12.9. The highest BCUT2D eigenvalue weighted by molar-refractivity contribution is 5.93. The zero-order valence-electron chi connectivity index (χ0n) is 17.2. The van der Waals surface area contributed by atoms with Gasteiger partial charge in [-0.05, 0) is 22.8 Å². The van der Waals surface area contributed by atoms with Crippen LogP contribution < -0.4 is 5.32 Å². The lowest BCUT2D eigenvalue weighted by molar-refractivity contribution is -0.156. The van der Waals surface area contributed by atoms with Gasteiger partial charge in [-0.1, -0.05) is 30.3 Å². The molecule has 8 nitrogen and oxygen atoms in total. The molecule has 1 fully saturated rings. The zero-order chi connectivity index (χ0) is 21.7. The molecule has 3 aromatic rings. The molecule has 4 rings (SSSR count). The smallest absolute Gasteiger partial charge is 0.274 e. The van der Waals surface area contributed by atoms with Gasteiger partial charge in [0.15, 0.2) is 5.60 Å². The van der Waals surface area contributed by atoms with Crippen molar-refractivity contribution in [1.82, 2.24) is 25.2 Å². The normalized spacial score (nSPS) is 18.4. The van der Waals surface area contributed by atoms with Crippen molar-refractivity contribution in [3.63, 3.8) is 0 Å². The average Bonchev–Trinajstić information content (AvgIpc) is 2.84. The van der Waals surface area contributed by atoms with E-state index in [1.54, 1.807) is 24.3 Å². The number of ether oxygens (including phenoxy) is 1. The molecule has 0 bridgehead atoms. The Balaban J connectivity index is 1.61. The zero-order valence-corrected chi connectivity index (χ0v) is 17.2. The number of pyridine rings is 1. The van der Waals surface area contributed by atoms with Crippen LogP contribution in [0.25, 0.3) is 11.1 Å². The summed E-state index contributed by atoms with van der Waals surface area (Å²) >= 11 is 0. The van der Waals surface area contributed by atoms with E-state index < -0.39 is 5.60 Å². The van der Waals surface area contributed by atoms with Gasteiger partial charge < -0.3 is 15.0 Å². The maximum Gasteiger partial charge on any atom is 0.274 e.